The molecule has 9 nitrogen and oxygen atoms in total. The van der Waals surface area contributed by atoms with E-state index in [0.29, 0.717) is 25.7 Å². The van der Waals surface area contributed by atoms with Crippen molar-refractivity contribution in [3.05, 3.63) is 24.0 Å². The number of nitrogens with one attached hydrogen (secondary N) is 1. The van der Waals surface area contributed by atoms with E-state index in [4.69, 9.17) is 15.2 Å². The molecule has 28 heavy (non-hydrogen) atoms. The lowest BCUT2D eigenvalue weighted by Crippen LogP contribution is -2.52. The summed E-state index contributed by atoms with van der Waals surface area (Å²) in [6.07, 6.45) is 7.07. The second-order valence-corrected chi connectivity index (χ2v) is 7.25. The normalized spacial score (nSPS) is 20.1. The van der Waals surface area contributed by atoms with E-state index in [-0.39, 0.29) is 23.5 Å². The lowest BCUT2D eigenvalue weighted by atomic mass is 10.1. The third-order valence-corrected chi connectivity index (χ3v) is 4.30. The average Bonchev–Trinajstić information content (AvgIpc) is 3.07. The molecule has 0 saturated carbocycles. The Morgan fingerprint density at radius 1 is 1.43 bits per heavy atom. The Balaban J connectivity index is 0.000000200. The number of nitrogens with zero attached hydrogens (tertiary/aromatic N) is 3. The van der Waals surface area contributed by atoms with E-state index in [0.717, 1.165) is 25.1 Å². The molecule has 9 heteroatoms. The van der Waals surface area contributed by atoms with E-state index in [9.17, 15) is 9.59 Å². The molecule has 1 aromatic heterocycles. The lowest BCUT2D eigenvalue weighted by molar-refractivity contribution is -0.171. The fraction of sp³-hybridized carbons (Fsp3) is 0.579. The highest BCUT2D eigenvalue weighted by Crippen LogP contribution is 2.24. The Hall–Kier alpha value is -2.68. The van der Waals surface area contributed by atoms with Gasteiger partial charge < -0.3 is 25.4 Å². The fourth-order valence-electron chi connectivity index (χ4n) is 2.66. The molecular weight excluding hydrogens is 362 g/mol. The molecule has 0 radical (unpaired) electrons. The first-order valence-corrected chi connectivity index (χ1v) is 9.40. The van der Waals surface area contributed by atoms with Crippen LogP contribution in [0.3, 0.4) is 0 Å². The van der Waals surface area contributed by atoms with Crippen LogP contribution in [0.5, 0.6) is 0 Å². The van der Waals surface area contributed by atoms with E-state index in [1.54, 1.807) is 23.4 Å². The topological polar surface area (TPSA) is 120 Å². The molecule has 3 heterocycles. The highest BCUT2D eigenvalue weighted by atomic mass is 16.6. The van der Waals surface area contributed by atoms with Crippen molar-refractivity contribution < 1.29 is 19.1 Å². The van der Waals surface area contributed by atoms with Gasteiger partial charge in [-0.15, -0.1) is 0 Å². The number of aromatic nitrogens is 2. The monoisotopic (exact) mass is 391 g/mol. The number of hydrogen-bond acceptors (Lipinski definition) is 7. The first kappa shape index (κ1) is 21.6. The number of nitrogen functional groups attached to an aromatic ring is 1. The van der Waals surface area contributed by atoms with Gasteiger partial charge in [0.15, 0.2) is 5.60 Å². The molecule has 1 unspecified atom stereocenters. The number of rotatable bonds is 4. The standard InChI is InChI=1S/C10H17NO3.C9H12N4O/c1-8-3-4-11(5-8)9(12)14-10(2)6-13-7-10;1-2-11-8(14)4-3-7-5-12-9(10)13-6-7/h8H,3-7H2,1-2H3;3-6H,2H2,1H3,(H,11,14)(H2,10,12,13)/b;4-3+. The number of ether oxygens (including phenoxy) is 2. The summed E-state index contributed by atoms with van der Waals surface area (Å²) in [6, 6.07) is 0. The summed E-state index contributed by atoms with van der Waals surface area (Å²) >= 11 is 0. The second-order valence-electron chi connectivity index (χ2n) is 7.25. The van der Waals surface area contributed by atoms with Crippen molar-refractivity contribution in [1.82, 2.24) is 20.2 Å². The molecule has 0 spiro atoms. The third-order valence-electron chi connectivity index (χ3n) is 4.30. The number of amides is 2. The Bertz CT molecular complexity index is 688. The minimum absolute atomic E-state index is 0.135. The zero-order valence-corrected chi connectivity index (χ0v) is 16.7. The number of carbonyl (C=O) groups excluding carboxylic acids is 2. The van der Waals surface area contributed by atoms with Gasteiger partial charge in [0.25, 0.3) is 0 Å². The van der Waals surface area contributed by atoms with Gasteiger partial charge in [-0.1, -0.05) is 6.92 Å². The summed E-state index contributed by atoms with van der Waals surface area (Å²) in [6.45, 7) is 9.26. The summed E-state index contributed by atoms with van der Waals surface area (Å²) in [4.78, 5) is 32.0. The first-order valence-electron chi connectivity index (χ1n) is 9.40. The second kappa shape index (κ2) is 10.0. The predicted molar refractivity (Wildman–Crippen MR) is 105 cm³/mol. The van der Waals surface area contributed by atoms with Crippen molar-refractivity contribution in [2.24, 2.45) is 5.92 Å². The van der Waals surface area contributed by atoms with Crippen LogP contribution in [-0.4, -0.2) is 65.3 Å². The van der Waals surface area contributed by atoms with Crippen LogP contribution in [0.2, 0.25) is 0 Å². The van der Waals surface area contributed by atoms with Crippen LogP contribution in [-0.2, 0) is 14.3 Å². The van der Waals surface area contributed by atoms with Gasteiger partial charge in [-0.3, -0.25) is 4.79 Å². The van der Waals surface area contributed by atoms with E-state index < -0.39 is 0 Å². The molecule has 3 rings (SSSR count). The van der Waals surface area contributed by atoms with Crippen molar-refractivity contribution in [2.45, 2.75) is 32.8 Å². The Morgan fingerprint density at radius 2 is 2.11 bits per heavy atom. The Labute approximate surface area is 165 Å². The molecular formula is C19H29N5O4. The van der Waals surface area contributed by atoms with Gasteiger partial charge in [0, 0.05) is 43.7 Å². The fourth-order valence-corrected chi connectivity index (χ4v) is 2.66. The summed E-state index contributed by atoms with van der Waals surface area (Å²) < 4.78 is 10.4. The molecule has 2 amide bonds. The van der Waals surface area contributed by atoms with Crippen molar-refractivity contribution in [1.29, 1.82) is 0 Å². The van der Waals surface area contributed by atoms with Gasteiger partial charge in [0.05, 0.1) is 13.2 Å². The third kappa shape index (κ3) is 6.80. The maximum Gasteiger partial charge on any atom is 0.410 e. The van der Waals surface area contributed by atoms with Crippen LogP contribution >= 0.6 is 0 Å². The average molecular weight is 391 g/mol. The van der Waals surface area contributed by atoms with Crippen LogP contribution in [0.25, 0.3) is 6.08 Å². The molecule has 0 aromatic carbocycles. The number of carbonyl (C=O) groups is 2. The Kier molecular flexibility index (Phi) is 7.74. The van der Waals surface area contributed by atoms with Gasteiger partial charge in [0.1, 0.15) is 0 Å². The van der Waals surface area contributed by atoms with Gasteiger partial charge >= 0.3 is 6.09 Å². The highest BCUT2D eigenvalue weighted by Gasteiger charge is 2.39. The molecule has 0 aliphatic carbocycles. The van der Waals surface area contributed by atoms with E-state index >= 15 is 0 Å². The molecule has 2 aliphatic heterocycles. The summed E-state index contributed by atoms with van der Waals surface area (Å²) in [7, 11) is 0. The van der Waals surface area contributed by atoms with Gasteiger partial charge in [-0.2, -0.15) is 0 Å². The zero-order valence-electron chi connectivity index (χ0n) is 16.7. The maximum absolute atomic E-state index is 11.6. The molecule has 1 atom stereocenters. The van der Waals surface area contributed by atoms with E-state index in [1.165, 1.54) is 6.08 Å². The minimum Gasteiger partial charge on any atom is -0.438 e. The molecule has 2 fully saturated rings. The lowest BCUT2D eigenvalue weighted by Gasteiger charge is -2.38. The van der Waals surface area contributed by atoms with Crippen molar-refractivity contribution in [3.8, 4) is 0 Å². The molecule has 2 aliphatic rings. The first-order chi connectivity index (χ1) is 13.3. The summed E-state index contributed by atoms with van der Waals surface area (Å²) in [5, 5.41) is 2.64. The number of likely N-dealkylation sites (N-methyl/N-ethyl adjacent to an activating group) is 1. The zero-order chi connectivity index (χ0) is 20.6. The summed E-state index contributed by atoms with van der Waals surface area (Å²) in [5.41, 5.74) is 5.67. The maximum atomic E-state index is 11.6. The molecule has 1 aromatic rings. The van der Waals surface area contributed by atoms with Gasteiger partial charge in [0.2, 0.25) is 11.9 Å². The largest absolute Gasteiger partial charge is 0.438 e. The highest BCUT2D eigenvalue weighted by molar-refractivity contribution is 5.91. The number of anilines is 1. The molecule has 2 saturated heterocycles. The summed E-state index contributed by atoms with van der Waals surface area (Å²) in [5.74, 6) is 0.692. The van der Waals surface area contributed by atoms with Crippen LogP contribution in [0.4, 0.5) is 10.7 Å². The predicted octanol–water partition coefficient (Wildman–Crippen LogP) is 1.46. The molecule has 0 bridgehead atoms. The van der Waals surface area contributed by atoms with E-state index in [1.807, 2.05) is 13.8 Å². The quantitative estimate of drug-likeness (QED) is 0.746. The van der Waals surface area contributed by atoms with Crippen LogP contribution in [0, 0.1) is 5.92 Å². The van der Waals surface area contributed by atoms with Crippen LogP contribution in [0.15, 0.2) is 18.5 Å². The minimum atomic E-state index is -0.372. The SMILES string of the molecule is CC1CCN(C(=O)OC2(C)COC2)C1.CCNC(=O)/C=C/c1cnc(N)nc1. The van der Waals surface area contributed by atoms with Gasteiger partial charge in [-0.05, 0) is 32.3 Å². The van der Waals surface area contributed by atoms with E-state index in [2.05, 4.69) is 22.2 Å². The molecule has 3 N–H and O–H groups in total. The van der Waals surface area contributed by atoms with Gasteiger partial charge in [-0.25, -0.2) is 14.8 Å². The van der Waals surface area contributed by atoms with Crippen LogP contribution < -0.4 is 11.1 Å². The van der Waals surface area contributed by atoms with Crippen molar-refractivity contribution in [3.63, 3.8) is 0 Å². The van der Waals surface area contributed by atoms with Crippen molar-refractivity contribution in [2.75, 3.05) is 38.6 Å². The Morgan fingerprint density at radius 3 is 2.61 bits per heavy atom. The smallest absolute Gasteiger partial charge is 0.410 e. The number of likely N-dealkylation sites (tertiary alicyclic amines) is 1. The number of nitrogens with two attached hydrogens (primary N) is 1. The molecule has 154 valence electrons. The number of hydrogen-bond donors (Lipinski definition) is 2. The van der Waals surface area contributed by atoms with Crippen molar-refractivity contribution >= 4 is 24.0 Å². The van der Waals surface area contributed by atoms with Crippen LogP contribution in [0.1, 0.15) is 32.8 Å².